The number of methoxy groups -OCH3 is 1. The van der Waals surface area contributed by atoms with Crippen LogP contribution in [-0.2, 0) is 11.2 Å². The van der Waals surface area contributed by atoms with E-state index in [1.54, 1.807) is 12.1 Å². The van der Waals surface area contributed by atoms with Gasteiger partial charge in [0.2, 0.25) is 5.91 Å². The molecule has 0 aromatic heterocycles. The molecule has 0 radical (unpaired) electrons. The minimum atomic E-state index is -0.352. The summed E-state index contributed by atoms with van der Waals surface area (Å²) in [4.78, 5) is 11.4. The molecule has 1 amide bonds. The molecule has 0 saturated carbocycles. The predicted molar refractivity (Wildman–Crippen MR) is 67.9 cm³/mol. The molecule has 0 saturated heterocycles. The van der Waals surface area contributed by atoms with Crippen molar-refractivity contribution in [2.75, 3.05) is 13.7 Å². The van der Waals surface area contributed by atoms with Crippen molar-refractivity contribution < 1.29 is 13.9 Å². The monoisotopic (exact) mass is 254 g/mol. The van der Waals surface area contributed by atoms with Gasteiger partial charge in [0, 0.05) is 25.1 Å². The number of nitrogens with two attached hydrogens (primary N) is 1. The summed E-state index contributed by atoms with van der Waals surface area (Å²) in [5.41, 5.74) is 6.02. The molecule has 1 unspecified atom stereocenters. The molecule has 1 atom stereocenters. The fourth-order valence-corrected chi connectivity index (χ4v) is 1.47. The van der Waals surface area contributed by atoms with Crippen LogP contribution in [0.25, 0.3) is 0 Å². The minimum absolute atomic E-state index is 0.0772. The second kappa shape index (κ2) is 6.96. The Morgan fingerprint density at radius 2 is 2.28 bits per heavy atom. The number of hydrogen-bond acceptors (Lipinski definition) is 3. The highest BCUT2D eigenvalue weighted by atomic mass is 19.1. The lowest BCUT2D eigenvalue weighted by molar-refractivity contribution is -0.121. The summed E-state index contributed by atoms with van der Waals surface area (Å²) < 4.78 is 18.5. The molecule has 1 rings (SSSR count). The third-order valence-corrected chi connectivity index (χ3v) is 2.50. The van der Waals surface area contributed by atoms with Crippen molar-refractivity contribution in [2.45, 2.75) is 25.8 Å². The van der Waals surface area contributed by atoms with Crippen LogP contribution in [0.2, 0.25) is 0 Å². The first-order valence-electron chi connectivity index (χ1n) is 5.87. The zero-order valence-electron chi connectivity index (χ0n) is 10.7. The smallest absolute Gasteiger partial charge is 0.220 e. The molecule has 1 aromatic carbocycles. The molecule has 5 heteroatoms. The van der Waals surface area contributed by atoms with E-state index in [4.69, 9.17) is 10.5 Å². The van der Waals surface area contributed by atoms with Crippen LogP contribution >= 0.6 is 0 Å². The van der Waals surface area contributed by atoms with Gasteiger partial charge in [-0.25, -0.2) is 4.39 Å². The van der Waals surface area contributed by atoms with Crippen molar-refractivity contribution in [1.82, 2.24) is 5.32 Å². The molecular weight excluding hydrogens is 235 g/mol. The first kappa shape index (κ1) is 14.4. The second-order valence-corrected chi connectivity index (χ2v) is 4.24. The normalized spacial score (nSPS) is 12.0. The van der Waals surface area contributed by atoms with Crippen LogP contribution in [0.1, 0.15) is 18.9 Å². The highest BCUT2D eigenvalue weighted by Crippen LogP contribution is 2.17. The van der Waals surface area contributed by atoms with E-state index in [1.165, 1.54) is 13.2 Å². The van der Waals surface area contributed by atoms with Gasteiger partial charge in [0.05, 0.1) is 7.11 Å². The average Bonchev–Trinajstić information content (AvgIpc) is 2.34. The topological polar surface area (TPSA) is 64.3 Å². The maximum Gasteiger partial charge on any atom is 0.220 e. The Labute approximate surface area is 106 Å². The maximum atomic E-state index is 13.6. The summed E-state index contributed by atoms with van der Waals surface area (Å²) in [6.45, 7) is 2.24. The summed E-state index contributed by atoms with van der Waals surface area (Å²) in [6.07, 6.45) is 0.608. The predicted octanol–water partition coefficient (Wildman–Crippen LogP) is 1.23. The molecule has 0 heterocycles. The average molecular weight is 254 g/mol. The zero-order valence-corrected chi connectivity index (χ0v) is 10.7. The molecular formula is C13H19FN2O2. The van der Waals surface area contributed by atoms with Gasteiger partial charge in [-0.2, -0.15) is 0 Å². The van der Waals surface area contributed by atoms with Crippen molar-refractivity contribution in [3.63, 3.8) is 0 Å². The van der Waals surface area contributed by atoms with Gasteiger partial charge in [-0.05, 0) is 25.0 Å². The SMILES string of the molecule is COc1ccc(CCC(=O)NCC(C)N)c(F)c1. The van der Waals surface area contributed by atoms with Crippen LogP contribution in [0.4, 0.5) is 4.39 Å². The van der Waals surface area contributed by atoms with Crippen LogP contribution in [0.15, 0.2) is 18.2 Å². The van der Waals surface area contributed by atoms with Gasteiger partial charge in [0.25, 0.3) is 0 Å². The van der Waals surface area contributed by atoms with Crippen molar-refractivity contribution in [2.24, 2.45) is 5.73 Å². The van der Waals surface area contributed by atoms with Gasteiger partial charge in [-0.15, -0.1) is 0 Å². The third-order valence-electron chi connectivity index (χ3n) is 2.50. The summed E-state index contributed by atoms with van der Waals surface area (Å²) in [5.74, 6) is -0.00507. The van der Waals surface area contributed by atoms with E-state index in [0.29, 0.717) is 24.3 Å². The van der Waals surface area contributed by atoms with Crippen LogP contribution < -0.4 is 15.8 Å². The molecule has 1 aromatic rings. The van der Waals surface area contributed by atoms with E-state index in [2.05, 4.69) is 5.32 Å². The number of amides is 1. The number of carbonyl (C=O) groups excluding carboxylic acids is 1. The van der Waals surface area contributed by atoms with E-state index >= 15 is 0 Å². The maximum absolute atomic E-state index is 13.6. The van der Waals surface area contributed by atoms with Crippen molar-refractivity contribution >= 4 is 5.91 Å². The molecule has 0 aliphatic rings. The zero-order chi connectivity index (χ0) is 13.5. The largest absolute Gasteiger partial charge is 0.497 e. The summed E-state index contributed by atoms with van der Waals surface area (Å²) in [6, 6.07) is 4.55. The highest BCUT2D eigenvalue weighted by molar-refractivity contribution is 5.76. The van der Waals surface area contributed by atoms with Gasteiger partial charge in [-0.1, -0.05) is 6.07 Å². The van der Waals surface area contributed by atoms with E-state index < -0.39 is 0 Å². The third kappa shape index (κ3) is 4.71. The number of carbonyl (C=O) groups is 1. The number of aryl methyl sites for hydroxylation is 1. The molecule has 4 nitrogen and oxygen atoms in total. The molecule has 100 valence electrons. The fraction of sp³-hybridized carbons (Fsp3) is 0.462. The molecule has 0 spiro atoms. The lowest BCUT2D eigenvalue weighted by atomic mass is 10.1. The van der Waals surface area contributed by atoms with Crippen molar-refractivity contribution in [1.29, 1.82) is 0 Å². The number of nitrogens with one attached hydrogen (secondary N) is 1. The van der Waals surface area contributed by atoms with Crippen LogP contribution in [0.3, 0.4) is 0 Å². The van der Waals surface area contributed by atoms with Gasteiger partial charge in [0.1, 0.15) is 11.6 Å². The van der Waals surface area contributed by atoms with E-state index in [1.807, 2.05) is 6.92 Å². The number of benzene rings is 1. The van der Waals surface area contributed by atoms with E-state index in [0.717, 1.165) is 0 Å². The molecule has 0 aliphatic carbocycles. The Morgan fingerprint density at radius 3 is 2.83 bits per heavy atom. The fourth-order valence-electron chi connectivity index (χ4n) is 1.47. The van der Waals surface area contributed by atoms with Gasteiger partial charge >= 0.3 is 0 Å². The summed E-state index contributed by atoms with van der Waals surface area (Å²) in [5, 5.41) is 2.68. The molecule has 3 N–H and O–H groups in total. The number of hydrogen-bond donors (Lipinski definition) is 2. The number of rotatable bonds is 6. The van der Waals surface area contributed by atoms with E-state index in [-0.39, 0.29) is 24.2 Å². The summed E-state index contributed by atoms with van der Waals surface area (Å²) >= 11 is 0. The lowest BCUT2D eigenvalue weighted by Gasteiger charge is -2.08. The summed E-state index contributed by atoms with van der Waals surface area (Å²) in [7, 11) is 1.48. The molecule has 18 heavy (non-hydrogen) atoms. The standard InChI is InChI=1S/C13H19FN2O2/c1-9(15)8-16-13(17)6-4-10-3-5-11(18-2)7-12(10)14/h3,5,7,9H,4,6,8,15H2,1-2H3,(H,16,17). The Hall–Kier alpha value is -1.62. The van der Waals surface area contributed by atoms with E-state index in [9.17, 15) is 9.18 Å². The number of ether oxygens (including phenoxy) is 1. The second-order valence-electron chi connectivity index (χ2n) is 4.24. The first-order chi connectivity index (χ1) is 8.52. The Kier molecular flexibility index (Phi) is 5.58. The molecule has 0 bridgehead atoms. The number of halogens is 1. The lowest BCUT2D eigenvalue weighted by Crippen LogP contribution is -2.35. The molecule has 0 aliphatic heterocycles. The van der Waals surface area contributed by atoms with Gasteiger partial charge < -0.3 is 15.8 Å². The minimum Gasteiger partial charge on any atom is -0.497 e. The van der Waals surface area contributed by atoms with Crippen LogP contribution in [0.5, 0.6) is 5.75 Å². The van der Waals surface area contributed by atoms with Crippen molar-refractivity contribution in [3.8, 4) is 5.75 Å². The van der Waals surface area contributed by atoms with Crippen molar-refractivity contribution in [3.05, 3.63) is 29.6 Å². The van der Waals surface area contributed by atoms with Gasteiger partial charge in [-0.3, -0.25) is 4.79 Å². The Morgan fingerprint density at radius 1 is 1.56 bits per heavy atom. The Bertz CT molecular complexity index is 408. The van der Waals surface area contributed by atoms with Gasteiger partial charge in [0.15, 0.2) is 0 Å². The van der Waals surface area contributed by atoms with Crippen LogP contribution in [-0.4, -0.2) is 25.6 Å². The molecule has 0 fully saturated rings. The quantitative estimate of drug-likeness (QED) is 0.802. The van der Waals surface area contributed by atoms with Crippen LogP contribution in [0, 0.1) is 5.82 Å². The highest BCUT2D eigenvalue weighted by Gasteiger charge is 2.07. The first-order valence-corrected chi connectivity index (χ1v) is 5.87. The Balaban J connectivity index is 2.46.